The molecule has 0 radical (unpaired) electrons. The van der Waals surface area contributed by atoms with Crippen LogP contribution in [0.4, 0.5) is 0 Å². The Morgan fingerprint density at radius 1 is 1.25 bits per heavy atom. The Balaban J connectivity index is 1.95. The van der Waals surface area contributed by atoms with Crippen LogP contribution in [0.5, 0.6) is 5.75 Å². The first-order chi connectivity index (χ1) is 11.4. The molecule has 0 aliphatic carbocycles. The van der Waals surface area contributed by atoms with Crippen molar-refractivity contribution < 1.29 is 13.9 Å². The molecule has 5 heteroatoms. The Bertz CT molecular complexity index is 665. The topological polar surface area (TPSA) is 54.7 Å². The average Bonchev–Trinajstić information content (AvgIpc) is 3.05. The van der Waals surface area contributed by atoms with Gasteiger partial charge in [0.25, 0.3) is 5.91 Å². The summed E-state index contributed by atoms with van der Waals surface area (Å²) in [5, 5.41) is 2.94. The normalized spacial score (nSPS) is 13.6. The molecule has 0 aliphatic rings. The van der Waals surface area contributed by atoms with E-state index in [2.05, 4.69) is 5.32 Å². The maximum Gasteiger partial charge on any atom is 0.260 e. The van der Waals surface area contributed by atoms with E-state index < -0.39 is 6.10 Å². The monoisotopic (exact) mass is 330 g/mol. The molecular weight excluding hydrogens is 304 g/mol. The Kier molecular flexibility index (Phi) is 6.04. The van der Waals surface area contributed by atoms with Crippen molar-refractivity contribution in [1.82, 2.24) is 10.2 Å². The summed E-state index contributed by atoms with van der Waals surface area (Å²) in [7, 11) is 3.91. The number of hydrogen-bond acceptors (Lipinski definition) is 4. The summed E-state index contributed by atoms with van der Waals surface area (Å²) in [6, 6.07) is 9.58. The van der Waals surface area contributed by atoms with Crippen molar-refractivity contribution in [1.29, 1.82) is 0 Å². The second-order valence-corrected chi connectivity index (χ2v) is 6.20. The van der Waals surface area contributed by atoms with Crippen LogP contribution >= 0.6 is 0 Å². The highest BCUT2D eigenvalue weighted by Crippen LogP contribution is 2.22. The average molecular weight is 330 g/mol. The summed E-state index contributed by atoms with van der Waals surface area (Å²) in [6.45, 7) is 6.24. The standard InChI is InChI=1S/C19H26N2O3/c1-13-8-6-9-17(14(13)2)24-15(3)19(22)20-12-16(21(4)5)18-10-7-11-23-18/h6-11,15-16H,12H2,1-5H3,(H,20,22)/t15-,16+/m1/s1. The van der Waals surface area contributed by atoms with Gasteiger partial charge in [0.1, 0.15) is 11.5 Å². The molecule has 0 aliphatic heterocycles. The van der Waals surface area contributed by atoms with Gasteiger partial charge in [0.2, 0.25) is 0 Å². The van der Waals surface area contributed by atoms with Crippen LogP contribution in [-0.2, 0) is 4.79 Å². The van der Waals surface area contributed by atoms with Gasteiger partial charge in [0, 0.05) is 6.54 Å². The number of nitrogens with one attached hydrogen (secondary N) is 1. The number of hydrogen-bond donors (Lipinski definition) is 1. The highest BCUT2D eigenvalue weighted by Gasteiger charge is 2.21. The third-order valence-electron chi connectivity index (χ3n) is 4.19. The summed E-state index contributed by atoms with van der Waals surface area (Å²) in [4.78, 5) is 14.4. The van der Waals surface area contributed by atoms with Crippen molar-refractivity contribution in [2.24, 2.45) is 0 Å². The minimum absolute atomic E-state index is 0.0168. The van der Waals surface area contributed by atoms with Crippen molar-refractivity contribution in [2.45, 2.75) is 32.9 Å². The fourth-order valence-corrected chi connectivity index (χ4v) is 2.46. The Hall–Kier alpha value is -2.27. The zero-order valence-electron chi connectivity index (χ0n) is 15.0. The van der Waals surface area contributed by atoms with Gasteiger partial charge in [-0.05, 0) is 64.2 Å². The largest absolute Gasteiger partial charge is 0.481 e. The minimum atomic E-state index is -0.565. The molecule has 0 unspecified atom stereocenters. The van der Waals surface area contributed by atoms with Crippen LogP contribution in [0.3, 0.4) is 0 Å². The molecule has 0 bridgehead atoms. The van der Waals surface area contributed by atoms with Gasteiger partial charge < -0.3 is 14.5 Å². The lowest BCUT2D eigenvalue weighted by Crippen LogP contribution is -2.41. The maximum atomic E-state index is 12.4. The zero-order chi connectivity index (χ0) is 17.7. The highest BCUT2D eigenvalue weighted by atomic mass is 16.5. The predicted octanol–water partition coefficient (Wildman–Crippen LogP) is 3.08. The third-order valence-corrected chi connectivity index (χ3v) is 4.19. The molecule has 1 amide bonds. The lowest BCUT2D eigenvalue weighted by molar-refractivity contribution is -0.127. The number of likely N-dealkylation sites (N-methyl/N-ethyl adjacent to an activating group) is 1. The van der Waals surface area contributed by atoms with Crippen molar-refractivity contribution in [3.05, 3.63) is 53.5 Å². The van der Waals surface area contributed by atoms with Crippen LogP contribution in [0.15, 0.2) is 41.0 Å². The number of ether oxygens (including phenoxy) is 1. The van der Waals surface area contributed by atoms with Crippen LogP contribution in [0.1, 0.15) is 29.9 Å². The van der Waals surface area contributed by atoms with Gasteiger partial charge >= 0.3 is 0 Å². The van der Waals surface area contributed by atoms with Crippen molar-refractivity contribution in [2.75, 3.05) is 20.6 Å². The van der Waals surface area contributed by atoms with Gasteiger partial charge in [-0.2, -0.15) is 0 Å². The van der Waals surface area contributed by atoms with Crippen LogP contribution in [0.2, 0.25) is 0 Å². The fraction of sp³-hybridized carbons (Fsp3) is 0.421. The van der Waals surface area contributed by atoms with Gasteiger partial charge in [0.15, 0.2) is 6.10 Å². The Morgan fingerprint density at radius 2 is 2.00 bits per heavy atom. The van der Waals surface area contributed by atoms with Crippen LogP contribution in [0, 0.1) is 13.8 Å². The molecule has 5 nitrogen and oxygen atoms in total. The second-order valence-electron chi connectivity index (χ2n) is 6.20. The second kappa shape index (κ2) is 8.02. The molecule has 1 aromatic carbocycles. The van der Waals surface area contributed by atoms with E-state index in [1.54, 1.807) is 13.2 Å². The number of carbonyl (C=O) groups excluding carboxylic acids is 1. The van der Waals surface area contributed by atoms with Gasteiger partial charge in [0.05, 0.1) is 12.3 Å². The van der Waals surface area contributed by atoms with E-state index >= 15 is 0 Å². The fourth-order valence-electron chi connectivity index (χ4n) is 2.46. The quantitative estimate of drug-likeness (QED) is 0.848. The van der Waals surface area contributed by atoms with E-state index in [-0.39, 0.29) is 11.9 Å². The predicted molar refractivity (Wildman–Crippen MR) is 94.2 cm³/mol. The molecular formula is C19H26N2O3. The van der Waals surface area contributed by atoms with E-state index in [9.17, 15) is 4.79 Å². The summed E-state index contributed by atoms with van der Waals surface area (Å²) in [6.07, 6.45) is 1.07. The van der Waals surface area contributed by atoms with E-state index in [1.165, 1.54) is 0 Å². The first-order valence-electron chi connectivity index (χ1n) is 8.10. The Labute approximate surface area is 143 Å². The van der Waals surface area contributed by atoms with E-state index in [1.807, 2.05) is 63.2 Å². The highest BCUT2D eigenvalue weighted by molar-refractivity contribution is 5.80. The number of amides is 1. The molecule has 2 aromatic rings. The molecule has 2 atom stereocenters. The number of furan rings is 1. The molecule has 1 aromatic heterocycles. The van der Waals surface area contributed by atoms with E-state index in [0.717, 1.165) is 22.6 Å². The molecule has 0 saturated heterocycles. The molecule has 0 saturated carbocycles. The number of rotatable bonds is 7. The van der Waals surface area contributed by atoms with Gasteiger partial charge in [-0.25, -0.2) is 0 Å². The van der Waals surface area contributed by atoms with Gasteiger partial charge in [-0.3, -0.25) is 9.69 Å². The molecule has 130 valence electrons. The first-order valence-corrected chi connectivity index (χ1v) is 8.10. The molecule has 1 heterocycles. The lowest BCUT2D eigenvalue weighted by Gasteiger charge is -2.24. The molecule has 2 rings (SSSR count). The van der Waals surface area contributed by atoms with Crippen LogP contribution < -0.4 is 10.1 Å². The van der Waals surface area contributed by atoms with Crippen molar-refractivity contribution in [3.8, 4) is 5.75 Å². The molecule has 1 N–H and O–H groups in total. The zero-order valence-corrected chi connectivity index (χ0v) is 15.0. The lowest BCUT2D eigenvalue weighted by atomic mass is 10.1. The number of nitrogens with zero attached hydrogens (tertiary/aromatic N) is 1. The first kappa shape index (κ1) is 18.1. The number of benzene rings is 1. The molecule has 0 fully saturated rings. The SMILES string of the molecule is Cc1cccc(O[C@H](C)C(=O)NC[C@@H](c2ccco2)N(C)C)c1C. The van der Waals surface area contributed by atoms with E-state index in [4.69, 9.17) is 9.15 Å². The van der Waals surface area contributed by atoms with Crippen molar-refractivity contribution in [3.63, 3.8) is 0 Å². The maximum absolute atomic E-state index is 12.4. The van der Waals surface area contributed by atoms with Gasteiger partial charge in [-0.1, -0.05) is 12.1 Å². The summed E-state index contributed by atoms with van der Waals surface area (Å²) in [5.74, 6) is 1.42. The van der Waals surface area contributed by atoms with Crippen molar-refractivity contribution >= 4 is 5.91 Å². The number of carbonyl (C=O) groups is 1. The molecule has 24 heavy (non-hydrogen) atoms. The Morgan fingerprint density at radius 3 is 2.62 bits per heavy atom. The minimum Gasteiger partial charge on any atom is -0.481 e. The van der Waals surface area contributed by atoms with Gasteiger partial charge in [-0.15, -0.1) is 0 Å². The third kappa shape index (κ3) is 4.38. The summed E-state index contributed by atoms with van der Waals surface area (Å²) < 4.78 is 11.3. The van der Waals surface area contributed by atoms with Crippen LogP contribution in [-0.4, -0.2) is 37.6 Å². The smallest absolute Gasteiger partial charge is 0.260 e. The number of aryl methyl sites for hydroxylation is 1. The summed E-state index contributed by atoms with van der Waals surface area (Å²) >= 11 is 0. The van der Waals surface area contributed by atoms with E-state index in [0.29, 0.717) is 6.54 Å². The molecule has 0 spiro atoms. The summed E-state index contributed by atoms with van der Waals surface area (Å²) in [5.41, 5.74) is 2.20. The van der Waals surface area contributed by atoms with Crippen LogP contribution in [0.25, 0.3) is 0 Å².